The van der Waals surface area contributed by atoms with E-state index in [4.69, 9.17) is 4.74 Å². The van der Waals surface area contributed by atoms with Crippen LogP contribution in [0.2, 0.25) is 0 Å². The Hall–Kier alpha value is -1.47. The van der Waals surface area contributed by atoms with Crippen molar-refractivity contribution in [1.82, 2.24) is 14.9 Å². The molecule has 1 heterocycles. The number of hydrogen-bond acceptors (Lipinski definition) is 4. The van der Waals surface area contributed by atoms with Crippen molar-refractivity contribution in [2.24, 2.45) is 0 Å². The Kier molecular flexibility index (Phi) is 6.33. The summed E-state index contributed by atoms with van der Waals surface area (Å²) in [6, 6.07) is 8.11. The van der Waals surface area contributed by atoms with Gasteiger partial charge in [0.1, 0.15) is 11.6 Å². The van der Waals surface area contributed by atoms with E-state index < -0.39 is 0 Å². The Morgan fingerprint density at radius 1 is 1.36 bits per heavy atom. The summed E-state index contributed by atoms with van der Waals surface area (Å²) in [5, 5.41) is 0. The van der Waals surface area contributed by atoms with Crippen LogP contribution in [0, 0.1) is 0 Å². The van der Waals surface area contributed by atoms with Crippen LogP contribution in [-0.2, 0) is 11.0 Å². The second kappa shape index (κ2) is 8.24. The predicted octanol–water partition coefficient (Wildman–Crippen LogP) is 3.71. The molecular formula is C17H20IN3O. The maximum Gasteiger partial charge on any atom is 0.138 e. The molecule has 22 heavy (non-hydrogen) atoms. The minimum atomic E-state index is 0.799. The highest BCUT2D eigenvalue weighted by atomic mass is 127. The van der Waals surface area contributed by atoms with E-state index >= 15 is 0 Å². The fourth-order valence-corrected chi connectivity index (χ4v) is 2.63. The molecule has 0 aliphatic carbocycles. The van der Waals surface area contributed by atoms with Gasteiger partial charge < -0.3 is 4.74 Å². The monoisotopic (exact) mass is 409 g/mol. The van der Waals surface area contributed by atoms with Crippen molar-refractivity contribution < 1.29 is 4.74 Å². The van der Waals surface area contributed by atoms with Gasteiger partial charge in [0.25, 0.3) is 0 Å². The number of nitrogens with zero attached hydrogens (tertiary/aromatic N) is 3. The molecule has 0 N–H and O–H groups in total. The SMILES string of the molecule is C=CCN(C)Cc1cc(-c2ccnc(CI)n2)ccc1OC. The Labute approximate surface area is 145 Å². The maximum atomic E-state index is 5.47. The highest BCUT2D eigenvalue weighted by Crippen LogP contribution is 2.26. The number of likely N-dealkylation sites (N-methyl/N-ethyl adjacent to an activating group) is 1. The Balaban J connectivity index is 2.35. The summed E-state index contributed by atoms with van der Waals surface area (Å²) in [5.74, 6) is 1.74. The average Bonchev–Trinajstić information content (AvgIpc) is 2.55. The van der Waals surface area contributed by atoms with Crippen molar-refractivity contribution in [3.05, 3.63) is 54.5 Å². The molecule has 0 saturated carbocycles. The summed E-state index contributed by atoms with van der Waals surface area (Å²) < 4.78 is 6.28. The molecule has 0 bridgehead atoms. The van der Waals surface area contributed by atoms with Gasteiger partial charge in [0.15, 0.2) is 0 Å². The van der Waals surface area contributed by atoms with E-state index in [0.29, 0.717) is 0 Å². The number of aromatic nitrogens is 2. The first-order chi connectivity index (χ1) is 10.7. The quantitative estimate of drug-likeness (QED) is 0.397. The van der Waals surface area contributed by atoms with Crippen molar-refractivity contribution in [1.29, 1.82) is 0 Å². The van der Waals surface area contributed by atoms with Gasteiger partial charge in [0, 0.05) is 30.4 Å². The summed E-state index contributed by atoms with van der Waals surface area (Å²) >= 11 is 2.27. The lowest BCUT2D eigenvalue weighted by molar-refractivity contribution is 0.347. The van der Waals surface area contributed by atoms with Crippen molar-refractivity contribution in [2.45, 2.75) is 11.0 Å². The molecule has 2 aromatic rings. The van der Waals surface area contributed by atoms with E-state index in [-0.39, 0.29) is 0 Å². The largest absolute Gasteiger partial charge is 0.496 e. The molecule has 0 aliphatic rings. The van der Waals surface area contributed by atoms with Crippen LogP contribution in [-0.4, -0.2) is 35.6 Å². The molecule has 0 radical (unpaired) electrons. The van der Waals surface area contributed by atoms with Crippen LogP contribution in [0.15, 0.2) is 43.1 Å². The second-order valence-corrected chi connectivity index (χ2v) is 5.77. The van der Waals surface area contributed by atoms with Crippen molar-refractivity contribution in [3.63, 3.8) is 0 Å². The second-order valence-electron chi connectivity index (χ2n) is 5.00. The molecule has 2 rings (SSSR count). The van der Waals surface area contributed by atoms with Gasteiger partial charge in [-0.3, -0.25) is 4.90 Å². The number of rotatable bonds is 7. The Morgan fingerprint density at radius 2 is 2.18 bits per heavy atom. The molecule has 116 valence electrons. The highest BCUT2D eigenvalue weighted by molar-refractivity contribution is 14.1. The van der Waals surface area contributed by atoms with Crippen LogP contribution in [0.1, 0.15) is 11.4 Å². The lowest BCUT2D eigenvalue weighted by atomic mass is 10.1. The van der Waals surface area contributed by atoms with Crippen molar-refractivity contribution in [2.75, 3.05) is 20.7 Å². The van der Waals surface area contributed by atoms with E-state index in [2.05, 4.69) is 57.2 Å². The van der Waals surface area contributed by atoms with E-state index in [1.54, 1.807) is 7.11 Å². The molecular weight excluding hydrogens is 389 g/mol. The summed E-state index contributed by atoms with van der Waals surface area (Å²) in [4.78, 5) is 11.0. The fraction of sp³-hybridized carbons (Fsp3) is 0.294. The van der Waals surface area contributed by atoms with Gasteiger partial charge >= 0.3 is 0 Å². The number of alkyl halides is 1. The fourth-order valence-electron chi connectivity index (χ4n) is 2.26. The van der Waals surface area contributed by atoms with Crippen LogP contribution < -0.4 is 4.74 Å². The van der Waals surface area contributed by atoms with Crippen LogP contribution in [0.3, 0.4) is 0 Å². The summed E-state index contributed by atoms with van der Waals surface area (Å²) in [5.41, 5.74) is 3.16. The first kappa shape index (κ1) is 16.9. The first-order valence-electron chi connectivity index (χ1n) is 7.02. The zero-order chi connectivity index (χ0) is 15.9. The molecule has 1 aromatic heterocycles. The topological polar surface area (TPSA) is 38.2 Å². The summed E-state index contributed by atoms with van der Waals surface area (Å²) in [6.07, 6.45) is 3.71. The number of hydrogen-bond donors (Lipinski definition) is 0. The third-order valence-corrected chi connectivity index (χ3v) is 3.96. The molecule has 0 spiro atoms. The molecule has 5 heteroatoms. The third kappa shape index (κ3) is 4.27. The van der Waals surface area contributed by atoms with Gasteiger partial charge in [-0.15, -0.1) is 6.58 Å². The van der Waals surface area contributed by atoms with Gasteiger partial charge in [0.2, 0.25) is 0 Å². The van der Waals surface area contributed by atoms with Gasteiger partial charge in [-0.2, -0.15) is 0 Å². The van der Waals surface area contributed by atoms with Crippen molar-refractivity contribution >= 4 is 22.6 Å². The van der Waals surface area contributed by atoms with Gasteiger partial charge in [0.05, 0.1) is 17.2 Å². The molecule has 0 atom stereocenters. The third-order valence-electron chi connectivity index (χ3n) is 3.28. The molecule has 0 aliphatic heterocycles. The first-order valence-corrected chi connectivity index (χ1v) is 8.55. The van der Waals surface area contributed by atoms with Gasteiger partial charge in [-0.1, -0.05) is 28.7 Å². The van der Waals surface area contributed by atoms with Crippen LogP contribution in [0.5, 0.6) is 5.75 Å². The molecule has 1 aromatic carbocycles. The zero-order valence-electron chi connectivity index (χ0n) is 12.9. The summed E-state index contributed by atoms with van der Waals surface area (Å²) in [7, 11) is 3.76. The minimum absolute atomic E-state index is 0.799. The highest BCUT2D eigenvalue weighted by Gasteiger charge is 2.09. The van der Waals surface area contributed by atoms with Gasteiger partial charge in [-0.25, -0.2) is 9.97 Å². The van der Waals surface area contributed by atoms with Crippen LogP contribution in [0.25, 0.3) is 11.3 Å². The summed E-state index contributed by atoms with van der Waals surface area (Å²) in [6.45, 7) is 5.41. The van der Waals surface area contributed by atoms with Crippen LogP contribution in [0.4, 0.5) is 0 Å². The maximum absolute atomic E-state index is 5.47. The van der Waals surface area contributed by atoms with E-state index in [0.717, 1.165) is 45.9 Å². The number of halogens is 1. The zero-order valence-corrected chi connectivity index (χ0v) is 15.1. The van der Waals surface area contributed by atoms with Gasteiger partial charge in [-0.05, 0) is 31.3 Å². The van der Waals surface area contributed by atoms with E-state index in [9.17, 15) is 0 Å². The lowest BCUT2D eigenvalue weighted by Crippen LogP contribution is -2.18. The molecule has 0 amide bonds. The number of benzene rings is 1. The number of methoxy groups -OCH3 is 1. The van der Waals surface area contributed by atoms with Crippen LogP contribution >= 0.6 is 22.6 Å². The number of ether oxygens (including phenoxy) is 1. The Bertz CT molecular complexity index is 646. The smallest absolute Gasteiger partial charge is 0.138 e. The molecule has 0 unspecified atom stereocenters. The molecule has 0 fully saturated rings. The van der Waals surface area contributed by atoms with E-state index in [1.807, 2.05) is 30.5 Å². The van der Waals surface area contributed by atoms with E-state index in [1.165, 1.54) is 0 Å². The molecule has 0 saturated heterocycles. The van der Waals surface area contributed by atoms with Crippen molar-refractivity contribution in [3.8, 4) is 17.0 Å². The average molecular weight is 409 g/mol. The standard InChI is InChI=1S/C17H20IN3O/c1-4-9-21(2)12-14-10-13(5-6-16(14)22-3)15-7-8-19-17(11-18)20-15/h4-8,10H,1,9,11-12H2,2-3H3. The molecule has 4 nitrogen and oxygen atoms in total. The minimum Gasteiger partial charge on any atom is -0.496 e. The Morgan fingerprint density at radius 3 is 2.86 bits per heavy atom. The predicted molar refractivity (Wildman–Crippen MR) is 98.3 cm³/mol. The lowest BCUT2D eigenvalue weighted by Gasteiger charge is -2.17. The normalized spacial score (nSPS) is 10.7.